The summed E-state index contributed by atoms with van der Waals surface area (Å²) in [5.74, 6) is 0. The molecule has 0 N–H and O–H groups in total. The van der Waals surface area contributed by atoms with Crippen LogP contribution in [0.2, 0.25) is 0 Å². The van der Waals surface area contributed by atoms with E-state index in [2.05, 4.69) is 62.5 Å². The summed E-state index contributed by atoms with van der Waals surface area (Å²) in [5.41, 5.74) is 0. The van der Waals surface area contributed by atoms with Crippen molar-refractivity contribution in [3.05, 3.63) is 48.6 Å². The Morgan fingerprint density at radius 2 is 0.688 bits per heavy atom. The first-order valence-electron chi connectivity index (χ1n) is 6.44. The van der Waals surface area contributed by atoms with Crippen LogP contribution in [0.1, 0.15) is 52.4 Å². The second kappa shape index (κ2) is 14.0. The summed E-state index contributed by atoms with van der Waals surface area (Å²) in [6.45, 7) is 4.14. The standard InChI is InChI=1S/C16H26/c1-3-5-7-9-11-13-15-16-14-12-10-8-6-4-2/h3-6,11-14H,7-10,15-16H2,1-2H3/b5-3+,6-4+,13-11+,14-12+. The van der Waals surface area contributed by atoms with Crippen LogP contribution in [0.5, 0.6) is 0 Å². The first-order valence-corrected chi connectivity index (χ1v) is 6.44. The molecule has 0 aliphatic carbocycles. The Balaban J connectivity index is 3.24. The van der Waals surface area contributed by atoms with Crippen molar-refractivity contribution in [2.75, 3.05) is 0 Å². The third-order valence-corrected chi connectivity index (χ3v) is 2.30. The fourth-order valence-electron chi connectivity index (χ4n) is 1.38. The SMILES string of the molecule is C/C=C/CC/C=C/CC/C=C/CC/C=C/C. The van der Waals surface area contributed by atoms with Crippen molar-refractivity contribution in [1.29, 1.82) is 0 Å². The molecule has 0 unspecified atom stereocenters. The van der Waals surface area contributed by atoms with Gasteiger partial charge in [0, 0.05) is 0 Å². The van der Waals surface area contributed by atoms with Crippen molar-refractivity contribution in [3.8, 4) is 0 Å². The van der Waals surface area contributed by atoms with E-state index >= 15 is 0 Å². The molecular formula is C16H26. The summed E-state index contributed by atoms with van der Waals surface area (Å²) in [4.78, 5) is 0. The lowest BCUT2D eigenvalue weighted by atomic mass is 10.2. The van der Waals surface area contributed by atoms with Crippen LogP contribution in [-0.4, -0.2) is 0 Å². The first kappa shape index (κ1) is 15.0. The minimum atomic E-state index is 1.17. The van der Waals surface area contributed by atoms with Gasteiger partial charge < -0.3 is 0 Å². The first-order chi connectivity index (χ1) is 7.91. The molecule has 0 amide bonds. The zero-order chi connectivity index (χ0) is 11.9. The van der Waals surface area contributed by atoms with Gasteiger partial charge in [-0.25, -0.2) is 0 Å². The average Bonchev–Trinajstić information content (AvgIpc) is 2.31. The minimum absolute atomic E-state index is 1.17. The number of allylic oxidation sites excluding steroid dienone is 8. The molecule has 0 saturated heterocycles. The Bertz CT molecular complexity index is 202. The molecule has 90 valence electrons. The molecule has 0 atom stereocenters. The summed E-state index contributed by atoms with van der Waals surface area (Å²) in [5, 5.41) is 0. The summed E-state index contributed by atoms with van der Waals surface area (Å²) >= 11 is 0. The molecule has 0 spiro atoms. The van der Waals surface area contributed by atoms with Crippen LogP contribution in [0, 0.1) is 0 Å². The van der Waals surface area contributed by atoms with Crippen LogP contribution in [0.3, 0.4) is 0 Å². The topological polar surface area (TPSA) is 0 Å². The highest BCUT2D eigenvalue weighted by atomic mass is 13.9. The van der Waals surface area contributed by atoms with Gasteiger partial charge >= 0.3 is 0 Å². The molecule has 0 aliphatic heterocycles. The molecule has 0 saturated carbocycles. The molecule has 0 aromatic carbocycles. The highest BCUT2D eigenvalue weighted by Gasteiger charge is 1.79. The summed E-state index contributed by atoms with van der Waals surface area (Å²) < 4.78 is 0. The van der Waals surface area contributed by atoms with Gasteiger partial charge in [-0.15, -0.1) is 0 Å². The van der Waals surface area contributed by atoms with Gasteiger partial charge in [-0.3, -0.25) is 0 Å². The number of unbranched alkanes of at least 4 members (excludes halogenated alkanes) is 3. The molecule has 0 aromatic rings. The Labute approximate surface area is 101 Å². The molecule has 0 fully saturated rings. The van der Waals surface area contributed by atoms with E-state index in [1.54, 1.807) is 0 Å². The largest absolute Gasteiger partial charge is 0.0917 e. The van der Waals surface area contributed by atoms with E-state index in [1.165, 1.54) is 38.5 Å². The lowest BCUT2D eigenvalue weighted by Gasteiger charge is -1.89. The third-order valence-electron chi connectivity index (χ3n) is 2.30. The van der Waals surface area contributed by atoms with E-state index < -0.39 is 0 Å². The van der Waals surface area contributed by atoms with Crippen molar-refractivity contribution in [1.82, 2.24) is 0 Å². The molecule has 0 rings (SSSR count). The monoisotopic (exact) mass is 218 g/mol. The van der Waals surface area contributed by atoms with Gasteiger partial charge in [0.15, 0.2) is 0 Å². The molecular weight excluding hydrogens is 192 g/mol. The highest BCUT2D eigenvalue weighted by Crippen LogP contribution is 1.99. The van der Waals surface area contributed by atoms with E-state index in [0.29, 0.717) is 0 Å². The second-order valence-electron chi connectivity index (χ2n) is 3.81. The smallest absolute Gasteiger partial charge is 0.0316 e. The predicted molar refractivity (Wildman–Crippen MR) is 75.6 cm³/mol. The molecule has 0 nitrogen and oxygen atoms in total. The number of rotatable bonds is 9. The van der Waals surface area contributed by atoms with Crippen molar-refractivity contribution in [3.63, 3.8) is 0 Å². The molecule has 0 heteroatoms. The van der Waals surface area contributed by atoms with Crippen LogP contribution in [0.15, 0.2) is 48.6 Å². The lowest BCUT2D eigenvalue weighted by molar-refractivity contribution is 0.985. The number of hydrogen-bond acceptors (Lipinski definition) is 0. The van der Waals surface area contributed by atoms with Crippen molar-refractivity contribution >= 4 is 0 Å². The van der Waals surface area contributed by atoms with Crippen LogP contribution in [0.25, 0.3) is 0 Å². The summed E-state index contributed by atoms with van der Waals surface area (Å²) in [7, 11) is 0. The molecule has 0 aromatic heterocycles. The van der Waals surface area contributed by atoms with Gasteiger partial charge in [0.1, 0.15) is 0 Å². The maximum atomic E-state index is 2.29. The van der Waals surface area contributed by atoms with Crippen molar-refractivity contribution in [2.45, 2.75) is 52.4 Å². The van der Waals surface area contributed by atoms with E-state index in [0.717, 1.165) is 0 Å². The highest BCUT2D eigenvalue weighted by molar-refractivity contribution is 4.91. The van der Waals surface area contributed by atoms with Crippen molar-refractivity contribution in [2.24, 2.45) is 0 Å². The van der Waals surface area contributed by atoms with Gasteiger partial charge in [-0.1, -0.05) is 48.6 Å². The van der Waals surface area contributed by atoms with Gasteiger partial charge in [-0.2, -0.15) is 0 Å². The Kier molecular flexibility index (Phi) is 13.1. The van der Waals surface area contributed by atoms with Crippen molar-refractivity contribution < 1.29 is 0 Å². The van der Waals surface area contributed by atoms with E-state index in [-0.39, 0.29) is 0 Å². The quantitative estimate of drug-likeness (QED) is 0.349. The Morgan fingerprint density at radius 1 is 0.438 bits per heavy atom. The van der Waals surface area contributed by atoms with E-state index in [1.807, 2.05) is 0 Å². The maximum absolute atomic E-state index is 2.29. The van der Waals surface area contributed by atoms with Gasteiger partial charge in [0.05, 0.1) is 0 Å². The van der Waals surface area contributed by atoms with Gasteiger partial charge in [-0.05, 0) is 52.4 Å². The van der Waals surface area contributed by atoms with Crippen LogP contribution >= 0.6 is 0 Å². The normalized spacial score (nSPS) is 12.9. The fraction of sp³-hybridized carbons (Fsp3) is 0.500. The van der Waals surface area contributed by atoms with Gasteiger partial charge in [0.25, 0.3) is 0 Å². The number of hydrogen-bond donors (Lipinski definition) is 0. The fourth-order valence-corrected chi connectivity index (χ4v) is 1.38. The zero-order valence-electron chi connectivity index (χ0n) is 10.9. The van der Waals surface area contributed by atoms with E-state index in [9.17, 15) is 0 Å². The lowest BCUT2D eigenvalue weighted by Crippen LogP contribution is -1.68. The predicted octanol–water partition coefficient (Wildman–Crippen LogP) is 5.59. The molecule has 0 radical (unpaired) electrons. The van der Waals surface area contributed by atoms with Crippen LogP contribution < -0.4 is 0 Å². The molecule has 16 heavy (non-hydrogen) atoms. The summed E-state index contributed by atoms with van der Waals surface area (Å²) in [6.07, 6.45) is 24.9. The van der Waals surface area contributed by atoms with E-state index in [4.69, 9.17) is 0 Å². The molecule has 0 heterocycles. The average molecular weight is 218 g/mol. The maximum Gasteiger partial charge on any atom is -0.0316 e. The second-order valence-corrected chi connectivity index (χ2v) is 3.81. The van der Waals surface area contributed by atoms with Gasteiger partial charge in [0.2, 0.25) is 0 Å². The Morgan fingerprint density at radius 3 is 0.938 bits per heavy atom. The Hall–Kier alpha value is -1.04. The zero-order valence-corrected chi connectivity index (χ0v) is 10.9. The summed E-state index contributed by atoms with van der Waals surface area (Å²) in [6, 6.07) is 0. The molecule has 0 bridgehead atoms. The molecule has 0 aliphatic rings. The van der Waals surface area contributed by atoms with Crippen LogP contribution in [0.4, 0.5) is 0 Å². The third kappa shape index (κ3) is 13.0. The minimum Gasteiger partial charge on any atom is -0.0917 e. The van der Waals surface area contributed by atoms with Crippen LogP contribution in [-0.2, 0) is 0 Å².